The Morgan fingerprint density at radius 2 is 1.86 bits per heavy atom. The Balaban J connectivity index is 1.52. The fourth-order valence-electron chi connectivity index (χ4n) is 3.01. The third-order valence-corrected chi connectivity index (χ3v) is 4.67. The zero-order valence-electron chi connectivity index (χ0n) is 16.4. The maximum atomic E-state index is 12.8. The molecule has 6 heteroatoms. The Bertz CT molecular complexity index is 756. The van der Waals surface area contributed by atoms with Crippen LogP contribution in [0.4, 0.5) is 0 Å². The molecule has 3 rings (SSSR count). The highest BCUT2D eigenvalue weighted by Gasteiger charge is 2.20. The van der Waals surface area contributed by atoms with Crippen LogP contribution >= 0.6 is 0 Å². The Labute approximate surface area is 166 Å². The summed E-state index contributed by atoms with van der Waals surface area (Å²) in [5.74, 6) is 2.01. The molecule has 1 aliphatic rings. The first-order chi connectivity index (χ1) is 13.7. The monoisotopic (exact) mass is 385 g/mol. The van der Waals surface area contributed by atoms with Crippen molar-refractivity contribution in [1.82, 2.24) is 4.90 Å². The number of rotatable bonds is 9. The van der Waals surface area contributed by atoms with Gasteiger partial charge in [0.2, 0.25) is 0 Å². The first-order valence-corrected chi connectivity index (χ1v) is 9.53. The van der Waals surface area contributed by atoms with Gasteiger partial charge in [-0.05, 0) is 49.2 Å². The molecule has 1 amide bonds. The molecule has 0 saturated carbocycles. The lowest BCUT2D eigenvalue weighted by Gasteiger charge is -2.20. The van der Waals surface area contributed by atoms with Gasteiger partial charge in [0.05, 0.1) is 25.3 Å². The fourth-order valence-corrected chi connectivity index (χ4v) is 3.01. The lowest BCUT2D eigenvalue weighted by molar-refractivity contribution is 0.0655. The number of carbonyl (C=O) groups is 1. The molecule has 150 valence electrons. The highest BCUT2D eigenvalue weighted by molar-refractivity contribution is 5.96. The third-order valence-electron chi connectivity index (χ3n) is 4.67. The number of benzene rings is 2. The maximum Gasteiger partial charge on any atom is 0.257 e. The van der Waals surface area contributed by atoms with Crippen molar-refractivity contribution in [3.8, 4) is 17.2 Å². The van der Waals surface area contributed by atoms with Gasteiger partial charge in [-0.3, -0.25) is 4.79 Å². The first kappa shape index (κ1) is 20.0. The van der Waals surface area contributed by atoms with Gasteiger partial charge in [0.25, 0.3) is 5.91 Å². The predicted molar refractivity (Wildman–Crippen MR) is 106 cm³/mol. The molecule has 28 heavy (non-hydrogen) atoms. The van der Waals surface area contributed by atoms with Crippen LogP contribution < -0.4 is 14.2 Å². The Morgan fingerprint density at radius 3 is 2.57 bits per heavy atom. The summed E-state index contributed by atoms with van der Waals surface area (Å²) in [6.45, 7) is 2.11. The van der Waals surface area contributed by atoms with Crippen LogP contribution in [0.3, 0.4) is 0 Å². The largest absolute Gasteiger partial charge is 0.497 e. The van der Waals surface area contributed by atoms with Crippen LogP contribution in [0.15, 0.2) is 48.5 Å². The quantitative estimate of drug-likeness (QED) is 0.662. The van der Waals surface area contributed by atoms with Gasteiger partial charge in [-0.25, -0.2) is 0 Å². The van der Waals surface area contributed by atoms with E-state index in [0.29, 0.717) is 31.1 Å². The van der Waals surface area contributed by atoms with E-state index in [1.54, 1.807) is 25.1 Å². The van der Waals surface area contributed by atoms with E-state index in [2.05, 4.69) is 0 Å². The molecule has 1 unspecified atom stereocenters. The average molecular weight is 385 g/mol. The molecule has 0 N–H and O–H groups in total. The van der Waals surface area contributed by atoms with E-state index in [-0.39, 0.29) is 12.0 Å². The van der Waals surface area contributed by atoms with Gasteiger partial charge < -0.3 is 23.8 Å². The zero-order chi connectivity index (χ0) is 19.8. The second kappa shape index (κ2) is 9.99. The summed E-state index contributed by atoms with van der Waals surface area (Å²) in [6, 6.07) is 14.7. The summed E-state index contributed by atoms with van der Waals surface area (Å²) in [4.78, 5) is 14.5. The van der Waals surface area contributed by atoms with Crippen LogP contribution in [-0.4, -0.2) is 57.4 Å². The van der Waals surface area contributed by atoms with Crippen molar-refractivity contribution in [3.63, 3.8) is 0 Å². The number of methoxy groups -OCH3 is 1. The molecule has 1 aliphatic heterocycles. The van der Waals surface area contributed by atoms with Gasteiger partial charge in [-0.1, -0.05) is 12.1 Å². The summed E-state index contributed by atoms with van der Waals surface area (Å²) in [6.07, 6.45) is 2.17. The summed E-state index contributed by atoms with van der Waals surface area (Å²) in [5.41, 5.74) is 0.549. The number of hydrogen-bond acceptors (Lipinski definition) is 5. The lowest BCUT2D eigenvalue weighted by atomic mass is 10.1. The highest BCUT2D eigenvalue weighted by atomic mass is 16.5. The number of ether oxygens (including phenoxy) is 4. The summed E-state index contributed by atoms with van der Waals surface area (Å²) >= 11 is 0. The van der Waals surface area contributed by atoms with Gasteiger partial charge in [0.15, 0.2) is 0 Å². The third kappa shape index (κ3) is 5.39. The van der Waals surface area contributed by atoms with Crippen LogP contribution in [0.25, 0.3) is 0 Å². The number of carbonyl (C=O) groups excluding carboxylic acids is 1. The lowest BCUT2D eigenvalue weighted by Crippen LogP contribution is -2.31. The van der Waals surface area contributed by atoms with Crippen molar-refractivity contribution in [1.29, 1.82) is 0 Å². The maximum absolute atomic E-state index is 12.8. The average Bonchev–Trinajstić information content (AvgIpc) is 3.26. The zero-order valence-corrected chi connectivity index (χ0v) is 16.4. The van der Waals surface area contributed by atoms with Crippen molar-refractivity contribution in [2.24, 2.45) is 0 Å². The van der Waals surface area contributed by atoms with Crippen molar-refractivity contribution >= 4 is 5.91 Å². The minimum absolute atomic E-state index is 0.0960. The van der Waals surface area contributed by atoms with Crippen LogP contribution in [0.5, 0.6) is 17.2 Å². The molecule has 2 aromatic rings. The van der Waals surface area contributed by atoms with Crippen molar-refractivity contribution in [2.75, 3.05) is 40.5 Å². The van der Waals surface area contributed by atoms with Crippen molar-refractivity contribution in [3.05, 3.63) is 54.1 Å². The fraction of sp³-hybridized carbons (Fsp3) is 0.409. The van der Waals surface area contributed by atoms with E-state index in [1.165, 1.54) is 0 Å². The predicted octanol–water partition coefficient (Wildman–Crippen LogP) is 3.40. The smallest absolute Gasteiger partial charge is 0.257 e. The molecule has 0 bridgehead atoms. The second-order valence-electron chi connectivity index (χ2n) is 6.69. The number of nitrogens with zero attached hydrogens (tertiary/aromatic N) is 1. The second-order valence-corrected chi connectivity index (χ2v) is 6.69. The van der Waals surface area contributed by atoms with Crippen molar-refractivity contribution in [2.45, 2.75) is 18.9 Å². The standard InChI is InChI=1S/C22H27NO5/c1-23(13-15-27-18-11-9-17(25-2)10-12-18)22(24)20-7-3-4-8-21(20)28-16-19-6-5-14-26-19/h3-4,7-12,19H,5-6,13-16H2,1-2H3. The summed E-state index contributed by atoms with van der Waals surface area (Å²) in [7, 11) is 3.38. The Kier molecular flexibility index (Phi) is 7.14. The number of para-hydroxylation sites is 1. The van der Waals surface area contributed by atoms with Crippen LogP contribution in [0.2, 0.25) is 0 Å². The number of likely N-dealkylation sites (N-methyl/N-ethyl adjacent to an activating group) is 1. The molecule has 1 heterocycles. The first-order valence-electron chi connectivity index (χ1n) is 9.53. The van der Waals surface area contributed by atoms with Crippen LogP contribution in [-0.2, 0) is 4.74 Å². The van der Waals surface area contributed by atoms with Gasteiger partial charge in [-0.15, -0.1) is 0 Å². The molecule has 1 saturated heterocycles. The van der Waals surface area contributed by atoms with Gasteiger partial charge in [0, 0.05) is 13.7 Å². The van der Waals surface area contributed by atoms with Gasteiger partial charge in [-0.2, -0.15) is 0 Å². The van der Waals surface area contributed by atoms with Gasteiger partial charge >= 0.3 is 0 Å². The van der Waals surface area contributed by atoms with Crippen LogP contribution in [0.1, 0.15) is 23.2 Å². The Hall–Kier alpha value is -2.73. The van der Waals surface area contributed by atoms with Gasteiger partial charge in [0.1, 0.15) is 30.5 Å². The van der Waals surface area contributed by atoms with E-state index >= 15 is 0 Å². The molecule has 0 spiro atoms. The Morgan fingerprint density at radius 1 is 1.11 bits per heavy atom. The van der Waals surface area contributed by atoms with Crippen molar-refractivity contribution < 1.29 is 23.7 Å². The molecule has 6 nitrogen and oxygen atoms in total. The summed E-state index contributed by atoms with van der Waals surface area (Å²) in [5, 5.41) is 0. The topological polar surface area (TPSA) is 57.2 Å². The van der Waals surface area contributed by atoms with E-state index in [4.69, 9.17) is 18.9 Å². The van der Waals surface area contributed by atoms with Crippen LogP contribution in [0, 0.1) is 0 Å². The minimum atomic E-state index is -0.0960. The number of amides is 1. The highest BCUT2D eigenvalue weighted by Crippen LogP contribution is 2.22. The molecule has 2 aromatic carbocycles. The molecular formula is C22H27NO5. The molecule has 0 aromatic heterocycles. The van der Waals surface area contributed by atoms with E-state index in [0.717, 1.165) is 30.9 Å². The molecule has 1 atom stereocenters. The summed E-state index contributed by atoms with van der Waals surface area (Å²) < 4.78 is 22.3. The minimum Gasteiger partial charge on any atom is -0.497 e. The normalized spacial score (nSPS) is 15.9. The van der Waals surface area contributed by atoms with E-state index in [9.17, 15) is 4.79 Å². The number of hydrogen-bond donors (Lipinski definition) is 0. The molecular weight excluding hydrogens is 358 g/mol. The molecule has 1 fully saturated rings. The van der Waals surface area contributed by atoms with E-state index in [1.807, 2.05) is 42.5 Å². The molecule has 0 aliphatic carbocycles. The molecule has 0 radical (unpaired) electrons. The SMILES string of the molecule is COc1ccc(OCCN(C)C(=O)c2ccccc2OCC2CCCO2)cc1. The van der Waals surface area contributed by atoms with E-state index < -0.39 is 0 Å².